The molecular formula is C13H16. The Morgan fingerprint density at radius 1 is 1.31 bits per heavy atom. The Morgan fingerprint density at radius 2 is 2.00 bits per heavy atom. The van der Waals surface area contributed by atoms with Crippen LogP contribution in [0.4, 0.5) is 0 Å². The van der Waals surface area contributed by atoms with E-state index in [4.69, 9.17) is 6.42 Å². The minimum Gasteiger partial charge on any atom is -0.119 e. The number of terminal acetylenes is 1. The largest absolute Gasteiger partial charge is 0.119 e. The molecule has 0 aromatic heterocycles. The molecule has 0 aliphatic heterocycles. The molecule has 0 fully saturated rings. The zero-order valence-corrected chi connectivity index (χ0v) is 8.38. The predicted molar refractivity (Wildman–Crippen MR) is 57.7 cm³/mol. The van der Waals surface area contributed by atoms with Gasteiger partial charge in [-0.25, -0.2) is 0 Å². The zero-order chi connectivity index (χ0) is 9.68. The first-order valence-electron chi connectivity index (χ1n) is 4.96. The molecule has 0 bridgehead atoms. The summed E-state index contributed by atoms with van der Waals surface area (Å²) < 4.78 is 0. The van der Waals surface area contributed by atoms with E-state index in [1.54, 1.807) is 0 Å². The van der Waals surface area contributed by atoms with E-state index in [0.717, 1.165) is 12.8 Å². The molecule has 0 saturated heterocycles. The van der Waals surface area contributed by atoms with Crippen LogP contribution in [-0.4, -0.2) is 0 Å². The Bertz CT molecular complexity index is 304. The summed E-state index contributed by atoms with van der Waals surface area (Å²) >= 11 is 0. The highest BCUT2D eigenvalue weighted by molar-refractivity contribution is 5.39. The monoisotopic (exact) mass is 172 g/mol. The van der Waals surface area contributed by atoms with Gasteiger partial charge < -0.3 is 0 Å². The van der Waals surface area contributed by atoms with Crippen LogP contribution >= 0.6 is 0 Å². The lowest BCUT2D eigenvalue weighted by Crippen LogP contribution is -1.86. The summed E-state index contributed by atoms with van der Waals surface area (Å²) in [5, 5.41) is 0. The molecule has 1 unspecified atom stereocenters. The molecule has 68 valence electrons. The third-order valence-corrected chi connectivity index (χ3v) is 2.33. The molecule has 13 heavy (non-hydrogen) atoms. The first-order chi connectivity index (χ1) is 6.42. The lowest BCUT2D eigenvalue weighted by molar-refractivity contribution is 0.837. The molecule has 0 heteroatoms. The summed E-state index contributed by atoms with van der Waals surface area (Å²) in [6.45, 7) is 4.00. The fourth-order valence-corrected chi connectivity index (χ4v) is 1.73. The minimum atomic E-state index is 0.381. The molecular weight excluding hydrogens is 156 g/mol. The molecule has 1 aliphatic rings. The predicted octanol–water partition coefficient (Wildman–Crippen LogP) is 3.38. The van der Waals surface area contributed by atoms with Crippen molar-refractivity contribution in [3.63, 3.8) is 0 Å². The first-order valence-corrected chi connectivity index (χ1v) is 4.96. The molecule has 0 radical (unpaired) electrons. The molecule has 0 spiro atoms. The smallest absolute Gasteiger partial charge is 0.0455 e. The van der Waals surface area contributed by atoms with Gasteiger partial charge in [-0.3, -0.25) is 0 Å². The van der Waals surface area contributed by atoms with E-state index < -0.39 is 0 Å². The summed E-state index contributed by atoms with van der Waals surface area (Å²) in [6.07, 6.45) is 7.69. The summed E-state index contributed by atoms with van der Waals surface area (Å²) in [5.41, 5.74) is 2.81. The molecule has 2 rings (SSSR count). The number of hydrogen-bond acceptors (Lipinski definition) is 0. The van der Waals surface area contributed by atoms with E-state index in [-0.39, 0.29) is 0 Å². The van der Waals surface area contributed by atoms with Crippen molar-refractivity contribution in [2.75, 3.05) is 0 Å². The van der Waals surface area contributed by atoms with Crippen molar-refractivity contribution in [2.45, 2.75) is 32.6 Å². The van der Waals surface area contributed by atoms with Gasteiger partial charge in [-0.2, -0.15) is 0 Å². The van der Waals surface area contributed by atoms with E-state index in [9.17, 15) is 0 Å². The fraction of sp³-hybridized carbons (Fsp3) is 0.385. The van der Waals surface area contributed by atoms with Gasteiger partial charge in [0.2, 0.25) is 0 Å². The van der Waals surface area contributed by atoms with Gasteiger partial charge in [0, 0.05) is 5.92 Å². The van der Waals surface area contributed by atoms with Crippen molar-refractivity contribution in [3.8, 4) is 12.3 Å². The van der Waals surface area contributed by atoms with Gasteiger partial charge in [-0.05, 0) is 24.0 Å². The number of fused-ring (bicyclic) bond motifs is 1. The highest BCUT2D eigenvalue weighted by Gasteiger charge is 2.18. The molecule has 0 heterocycles. The van der Waals surface area contributed by atoms with Crippen molar-refractivity contribution in [1.82, 2.24) is 0 Å². The van der Waals surface area contributed by atoms with Crippen LogP contribution in [0.3, 0.4) is 0 Å². The van der Waals surface area contributed by atoms with Crippen molar-refractivity contribution in [1.29, 1.82) is 0 Å². The molecule has 1 aromatic carbocycles. The number of rotatable bonds is 0. The summed E-state index contributed by atoms with van der Waals surface area (Å²) in [5.74, 6) is 3.20. The number of benzene rings is 1. The van der Waals surface area contributed by atoms with E-state index >= 15 is 0 Å². The topological polar surface area (TPSA) is 0 Å². The van der Waals surface area contributed by atoms with Gasteiger partial charge in [0.05, 0.1) is 0 Å². The number of hydrogen-bond donors (Lipinski definition) is 0. The van der Waals surface area contributed by atoms with E-state index in [0.29, 0.717) is 5.92 Å². The molecule has 0 saturated carbocycles. The first kappa shape index (κ1) is 9.86. The van der Waals surface area contributed by atoms with Crippen molar-refractivity contribution in [2.24, 2.45) is 0 Å². The molecule has 0 amide bonds. The second-order valence-corrected chi connectivity index (χ2v) is 2.96. The lowest BCUT2D eigenvalue weighted by Gasteiger charge is -2.00. The van der Waals surface area contributed by atoms with Crippen LogP contribution in [0.1, 0.15) is 37.3 Å². The van der Waals surface area contributed by atoms with Gasteiger partial charge in [-0.1, -0.05) is 44.0 Å². The molecule has 1 aromatic rings. The van der Waals surface area contributed by atoms with Crippen LogP contribution in [0.15, 0.2) is 24.3 Å². The SMILES string of the molecule is C#CC1CCc2ccccc21.CC. The summed E-state index contributed by atoms with van der Waals surface area (Å²) in [7, 11) is 0. The van der Waals surface area contributed by atoms with Crippen LogP contribution in [0, 0.1) is 12.3 Å². The standard InChI is InChI=1S/C11H10.C2H6/c1-2-9-7-8-10-5-3-4-6-11(9)10;1-2/h1,3-6,9H,7-8H2;1-2H3. The summed E-state index contributed by atoms with van der Waals surface area (Å²) in [6, 6.07) is 8.46. The van der Waals surface area contributed by atoms with Crippen LogP contribution in [0.25, 0.3) is 0 Å². The highest BCUT2D eigenvalue weighted by Crippen LogP contribution is 2.31. The van der Waals surface area contributed by atoms with E-state index in [1.807, 2.05) is 13.8 Å². The van der Waals surface area contributed by atoms with E-state index in [2.05, 4.69) is 30.2 Å². The maximum Gasteiger partial charge on any atom is 0.0455 e. The molecule has 1 atom stereocenters. The Kier molecular flexibility index (Phi) is 3.58. The third-order valence-electron chi connectivity index (χ3n) is 2.33. The van der Waals surface area contributed by atoms with E-state index in [1.165, 1.54) is 11.1 Å². The molecule has 1 aliphatic carbocycles. The van der Waals surface area contributed by atoms with Gasteiger partial charge in [-0.15, -0.1) is 6.42 Å². The molecule has 0 nitrogen and oxygen atoms in total. The zero-order valence-electron chi connectivity index (χ0n) is 8.38. The quantitative estimate of drug-likeness (QED) is 0.526. The summed E-state index contributed by atoms with van der Waals surface area (Å²) in [4.78, 5) is 0. The minimum absolute atomic E-state index is 0.381. The average Bonchev–Trinajstić information content (AvgIpc) is 2.64. The Morgan fingerprint density at radius 3 is 2.69 bits per heavy atom. The maximum atomic E-state index is 5.40. The fourth-order valence-electron chi connectivity index (χ4n) is 1.73. The Labute approximate surface area is 81.0 Å². The highest BCUT2D eigenvalue weighted by atomic mass is 14.2. The van der Waals surface area contributed by atoms with Gasteiger partial charge >= 0.3 is 0 Å². The van der Waals surface area contributed by atoms with Gasteiger partial charge in [0.25, 0.3) is 0 Å². The Hall–Kier alpha value is -1.22. The average molecular weight is 172 g/mol. The van der Waals surface area contributed by atoms with Crippen LogP contribution in [0.5, 0.6) is 0 Å². The van der Waals surface area contributed by atoms with Gasteiger partial charge in [0.15, 0.2) is 0 Å². The van der Waals surface area contributed by atoms with Crippen molar-refractivity contribution < 1.29 is 0 Å². The van der Waals surface area contributed by atoms with Crippen LogP contribution < -0.4 is 0 Å². The van der Waals surface area contributed by atoms with Crippen molar-refractivity contribution >= 4 is 0 Å². The number of aryl methyl sites for hydroxylation is 1. The van der Waals surface area contributed by atoms with Crippen LogP contribution in [0.2, 0.25) is 0 Å². The van der Waals surface area contributed by atoms with Crippen molar-refractivity contribution in [3.05, 3.63) is 35.4 Å². The lowest BCUT2D eigenvalue weighted by atomic mass is 10.0. The normalized spacial score (nSPS) is 18.1. The maximum absolute atomic E-state index is 5.40. The van der Waals surface area contributed by atoms with Gasteiger partial charge in [0.1, 0.15) is 0 Å². The third kappa shape index (κ3) is 1.92. The Balaban J connectivity index is 0.000000396. The van der Waals surface area contributed by atoms with Crippen LogP contribution in [-0.2, 0) is 6.42 Å². The second-order valence-electron chi connectivity index (χ2n) is 2.96. The molecule has 0 N–H and O–H groups in total. The second kappa shape index (κ2) is 4.72.